The number of nitrogen functional groups attached to an aromatic ring is 1. The topological polar surface area (TPSA) is 71.9 Å². The molecular weight excluding hydrogens is 310 g/mol. The number of pyridine rings is 1. The molecule has 0 fully saturated rings. The average molecular weight is 329 g/mol. The van der Waals surface area contributed by atoms with Gasteiger partial charge in [0.1, 0.15) is 23.2 Å². The number of aromatic nitrogens is 1. The molecule has 0 radical (unpaired) electrons. The highest BCUT2D eigenvalue weighted by Crippen LogP contribution is 2.42. The van der Waals surface area contributed by atoms with Crippen LogP contribution >= 0.6 is 0 Å². The molecule has 2 N–H and O–H groups in total. The molecular formula is C21H19N3O. The Morgan fingerprint density at radius 1 is 1.04 bits per heavy atom. The maximum atomic E-state index is 9.73. The summed E-state index contributed by atoms with van der Waals surface area (Å²) in [6.07, 6.45) is 0. The number of aryl methyl sites for hydroxylation is 1. The highest BCUT2D eigenvalue weighted by molar-refractivity contribution is 5.93. The van der Waals surface area contributed by atoms with E-state index in [9.17, 15) is 5.26 Å². The van der Waals surface area contributed by atoms with Gasteiger partial charge in [-0.1, -0.05) is 48.5 Å². The number of nitrogens with two attached hydrogens (primary N) is 1. The minimum Gasteiger partial charge on any atom is -0.493 e. The van der Waals surface area contributed by atoms with Gasteiger partial charge in [-0.15, -0.1) is 0 Å². The maximum absolute atomic E-state index is 9.73. The van der Waals surface area contributed by atoms with Gasteiger partial charge < -0.3 is 10.5 Å². The Labute approximate surface area is 147 Å². The Balaban J connectivity index is 2.41. The Kier molecular flexibility index (Phi) is 4.67. The van der Waals surface area contributed by atoms with Crippen LogP contribution in [0.15, 0.2) is 54.6 Å². The summed E-state index contributed by atoms with van der Waals surface area (Å²) in [6, 6.07) is 19.8. The van der Waals surface area contributed by atoms with Crippen molar-refractivity contribution in [1.82, 2.24) is 4.98 Å². The van der Waals surface area contributed by atoms with E-state index in [-0.39, 0.29) is 5.82 Å². The summed E-state index contributed by atoms with van der Waals surface area (Å²) in [5.41, 5.74) is 10.7. The highest BCUT2D eigenvalue weighted by Gasteiger charge is 2.21. The molecule has 0 aliphatic rings. The van der Waals surface area contributed by atoms with Gasteiger partial charge in [0.2, 0.25) is 0 Å². The van der Waals surface area contributed by atoms with E-state index in [0.717, 1.165) is 33.7 Å². The molecule has 3 rings (SSSR count). The normalized spacial score (nSPS) is 10.3. The van der Waals surface area contributed by atoms with Crippen LogP contribution in [0.3, 0.4) is 0 Å². The molecule has 0 spiro atoms. The molecule has 4 heteroatoms. The van der Waals surface area contributed by atoms with Crippen molar-refractivity contribution >= 4 is 5.82 Å². The van der Waals surface area contributed by atoms with Crippen molar-refractivity contribution in [3.8, 4) is 34.1 Å². The SMILES string of the molecule is CCOc1ccccc1-c1c(C#N)c(N)nc(C)c1-c1ccccc1. The molecule has 0 aliphatic carbocycles. The first-order chi connectivity index (χ1) is 12.2. The fourth-order valence-corrected chi connectivity index (χ4v) is 3.02. The standard InChI is InChI=1S/C21H19N3O/c1-3-25-18-12-8-7-11-16(18)20-17(13-22)21(23)24-14(2)19(20)15-9-5-4-6-10-15/h4-12H,3H2,1-2H3,(H2,23,24). The third kappa shape index (κ3) is 3.05. The van der Waals surface area contributed by atoms with Crippen molar-refractivity contribution in [2.45, 2.75) is 13.8 Å². The van der Waals surface area contributed by atoms with Crippen molar-refractivity contribution in [2.24, 2.45) is 0 Å². The average Bonchev–Trinajstić information content (AvgIpc) is 2.63. The van der Waals surface area contributed by atoms with Gasteiger partial charge in [-0.2, -0.15) is 5.26 Å². The van der Waals surface area contributed by atoms with Gasteiger partial charge in [-0.05, 0) is 25.5 Å². The first kappa shape index (κ1) is 16.5. The zero-order valence-electron chi connectivity index (χ0n) is 14.3. The van der Waals surface area contributed by atoms with Gasteiger partial charge in [0.25, 0.3) is 0 Å². The molecule has 0 bridgehead atoms. The number of para-hydroxylation sites is 1. The monoisotopic (exact) mass is 329 g/mol. The quantitative estimate of drug-likeness (QED) is 0.760. The fourth-order valence-electron chi connectivity index (χ4n) is 3.02. The van der Waals surface area contributed by atoms with Gasteiger partial charge in [-0.3, -0.25) is 0 Å². The lowest BCUT2D eigenvalue weighted by atomic mass is 9.89. The van der Waals surface area contributed by atoms with E-state index >= 15 is 0 Å². The molecule has 0 atom stereocenters. The van der Waals surface area contributed by atoms with E-state index in [1.54, 1.807) is 0 Å². The van der Waals surface area contributed by atoms with Crippen molar-refractivity contribution in [3.05, 3.63) is 65.9 Å². The Morgan fingerprint density at radius 3 is 2.40 bits per heavy atom. The Bertz CT molecular complexity index is 943. The third-order valence-electron chi connectivity index (χ3n) is 4.04. The Hall–Kier alpha value is -3.32. The van der Waals surface area contributed by atoms with Gasteiger partial charge in [0, 0.05) is 22.4 Å². The predicted octanol–water partition coefficient (Wildman–Crippen LogP) is 4.58. The number of benzene rings is 2. The predicted molar refractivity (Wildman–Crippen MR) is 100 cm³/mol. The van der Waals surface area contributed by atoms with E-state index in [1.807, 2.05) is 68.4 Å². The molecule has 0 saturated heterocycles. The van der Waals surface area contributed by atoms with Crippen LogP contribution < -0.4 is 10.5 Å². The number of nitrogens with zero attached hydrogens (tertiary/aromatic N) is 2. The second-order valence-corrected chi connectivity index (χ2v) is 5.61. The van der Waals surface area contributed by atoms with E-state index in [0.29, 0.717) is 12.2 Å². The van der Waals surface area contributed by atoms with Gasteiger partial charge in [-0.25, -0.2) is 4.98 Å². The van der Waals surface area contributed by atoms with Crippen LogP contribution in [-0.2, 0) is 0 Å². The van der Waals surface area contributed by atoms with Crippen LogP contribution in [0.2, 0.25) is 0 Å². The Morgan fingerprint density at radius 2 is 1.72 bits per heavy atom. The van der Waals surface area contributed by atoms with Crippen molar-refractivity contribution < 1.29 is 4.74 Å². The number of hydrogen-bond donors (Lipinski definition) is 1. The molecule has 0 aliphatic heterocycles. The summed E-state index contributed by atoms with van der Waals surface area (Å²) < 4.78 is 5.79. The van der Waals surface area contributed by atoms with Crippen LogP contribution in [0.25, 0.3) is 22.3 Å². The smallest absolute Gasteiger partial charge is 0.142 e. The molecule has 3 aromatic rings. The summed E-state index contributed by atoms with van der Waals surface area (Å²) in [6.45, 7) is 4.39. The molecule has 0 unspecified atom stereocenters. The van der Waals surface area contributed by atoms with Gasteiger partial charge in [0.15, 0.2) is 0 Å². The van der Waals surface area contributed by atoms with Crippen molar-refractivity contribution in [1.29, 1.82) is 5.26 Å². The second kappa shape index (κ2) is 7.06. The highest BCUT2D eigenvalue weighted by atomic mass is 16.5. The molecule has 1 heterocycles. The number of hydrogen-bond acceptors (Lipinski definition) is 4. The van der Waals surface area contributed by atoms with E-state index in [4.69, 9.17) is 10.5 Å². The minimum absolute atomic E-state index is 0.237. The molecule has 4 nitrogen and oxygen atoms in total. The fraction of sp³-hybridized carbons (Fsp3) is 0.143. The zero-order chi connectivity index (χ0) is 17.8. The number of ether oxygens (including phenoxy) is 1. The third-order valence-corrected chi connectivity index (χ3v) is 4.04. The summed E-state index contributed by atoms with van der Waals surface area (Å²) in [5, 5.41) is 9.73. The molecule has 0 amide bonds. The lowest BCUT2D eigenvalue weighted by molar-refractivity contribution is 0.341. The summed E-state index contributed by atoms with van der Waals surface area (Å²) in [4.78, 5) is 4.40. The summed E-state index contributed by atoms with van der Waals surface area (Å²) in [5.74, 6) is 0.963. The van der Waals surface area contributed by atoms with E-state index in [2.05, 4.69) is 11.1 Å². The lowest BCUT2D eigenvalue weighted by Gasteiger charge is -2.18. The number of anilines is 1. The van der Waals surface area contributed by atoms with Crippen molar-refractivity contribution in [3.63, 3.8) is 0 Å². The van der Waals surface area contributed by atoms with E-state index < -0.39 is 0 Å². The van der Waals surface area contributed by atoms with Crippen LogP contribution in [0.1, 0.15) is 18.2 Å². The van der Waals surface area contributed by atoms with Gasteiger partial charge >= 0.3 is 0 Å². The van der Waals surface area contributed by atoms with Crippen LogP contribution in [0.5, 0.6) is 5.75 Å². The largest absolute Gasteiger partial charge is 0.493 e. The molecule has 2 aromatic carbocycles. The maximum Gasteiger partial charge on any atom is 0.142 e. The first-order valence-electron chi connectivity index (χ1n) is 8.15. The van der Waals surface area contributed by atoms with Crippen LogP contribution in [0.4, 0.5) is 5.82 Å². The van der Waals surface area contributed by atoms with Crippen LogP contribution in [-0.4, -0.2) is 11.6 Å². The molecule has 0 saturated carbocycles. The first-order valence-corrected chi connectivity index (χ1v) is 8.15. The minimum atomic E-state index is 0.237. The van der Waals surface area contributed by atoms with E-state index in [1.165, 1.54) is 0 Å². The zero-order valence-corrected chi connectivity index (χ0v) is 14.3. The van der Waals surface area contributed by atoms with Crippen molar-refractivity contribution in [2.75, 3.05) is 12.3 Å². The number of rotatable bonds is 4. The number of nitriles is 1. The lowest BCUT2D eigenvalue weighted by Crippen LogP contribution is -2.04. The molecule has 124 valence electrons. The summed E-state index contributed by atoms with van der Waals surface area (Å²) in [7, 11) is 0. The summed E-state index contributed by atoms with van der Waals surface area (Å²) >= 11 is 0. The second-order valence-electron chi connectivity index (χ2n) is 5.61. The van der Waals surface area contributed by atoms with Crippen LogP contribution in [0, 0.1) is 18.3 Å². The molecule has 1 aromatic heterocycles. The van der Waals surface area contributed by atoms with Gasteiger partial charge in [0.05, 0.1) is 6.61 Å². The molecule has 25 heavy (non-hydrogen) atoms.